The molecule has 0 radical (unpaired) electrons. The van der Waals surface area contributed by atoms with Crippen molar-refractivity contribution < 1.29 is 4.79 Å². The van der Waals surface area contributed by atoms with Crippen LogP contribution in [0.1, 0.15) is 22.3 Å². The molecule has 4 heteroatoms. The Morgan fingerprint density at radius 2 is 2.38 bits per heavy atom. The highest BCUT2D eigenvalue weighted by Gasteiger charge is 2.16. The molecule has 1 amide bonds. The molecular weight excluding hydrogens is 220 g/mol. The fraction of sp³-hybridized carbons (Fsp3) is 0.417. The largest absolute Gasteiger partial charge is 0.381 e. The molecule has 0 spiro atoms. The molecular formula is C12H16N2OS. The van der Waals surface area contributed by atoms with Gasteiger partial charge in [0.25, 0.3) is 0 Å². The summed E-state index contributed by atoms with van der Waals surface area (Å²) in [6.07, 6.45) is 1.19. The molecule has 0 bridgehead atoms. The third-order valence-electron chi connectivity index (χ3n) is 2.89. The van der Waals surface area contributed by atoms with Gasteiger partial charge in [-0.3, -0.25) is 4.79 Å². The first-order chi connectivity index (χ1) is 7.68. The molecule has 1 aromatic carbocycles. The maximum atomic E-state index is 11.2. The van der Waals surface area contributed by atoms with Crippen LogP contribution in [-0.4, -0.2) is 23.5 Å². The summed E-state index contributed by atoms with van der Waals surface area (Å²) in [4.78, 5) is 11.2. The van der Waals surface area contributed by atoms with E-state index >= 15 is 0 Å². The highest BCUT2D eigenvalue weighted by Crippen LogP contribution is 2.24. The Morgan fingerprint density at radius 1 is 1.56 bits per heavy atom. The van der Waals surface area contributed by atoms with E-state index in [2.05, 4.69) is 5.32 Å². The van der Waals surface area contributed by atoms with Crippen LogP contribution in [0, 0.1) is 6.92 Å². The maximum absolute atomic E-state index is 11.2. The summed E-state index contributed by atoms with van der Waals surface area (Å²) in [7, 11) is 0. The highest BCUT2D eigenvalue weighted by atomic mass is 32.2. The average Bonchev–Trinajstić information content (AvgIpc) is 2.73. The molecule has 1 aliphatic rings. The fourth-order valence-corrected chi connectivity index (χ4v) is 3.08. The molecule has 2 rings (SSSR count). The van der Waals surface area contributed by atoms with Gasteiger partial charge in [0.05, 0.1) is 0 Å². The topological polar surface area (TPSA) is 55.1 Å². The van der Waals surface area contributed by atoms with Gasteiger partial charge in [0.2, 0.25) is 5.91 Å². The summed E-state index contributed by atoms with van der Waals surface area (Å²) in [5.74, 6) is 1.99. The van der Waals surface area contributed by atoms with Crippen molar-refractivity contribution in [3.8, 4) is 0 Å². The third kappa shape index (κ3) is 2.32. The first kappa shape index (κ1) is 11.3. The minimum Gasteiger partial charge on any atom is -0.381 e. The molecule has 1 unspecified atom stereocenters. The second-order valence-electron chi connectivity index (χ2n) is 4.05. The number of hydrogen-bond donors (Lipinski definition) is 2. The number of carbonyl (C=O) groups excluding carboxylic acids is 1. The van der Waals surface area contributed by atoms with Gasteiger partial charge in [0.1, 0.15) is 0 Å². The number of nitrogens with two attached hydrogens (primary N) is 1. The van der Waals surface area contributed by atoms with E-state index < -0.39 is 0 Å². The van der Waals surface area contributed by atoms with Gasteiger partial charge in [-0.05, 0) is 36.8 Å². The van der Waals surface area contributed by atoms with Crippen molar-refractivity contribution in [1.82, 2.24) is 0 Å². The Morgan fingerprint density at radius 3 is 3.00 bits per heavy atom. The quantitative estimate of drug-likeness (QED) is 0.844. The van der Waals surface area contributed by atoms with Crippen LogP contribution in [-0.2, 0) is 0 Å². The van der Waals surface area contributed by atoms with E-state index in [1.54, 1.807) is 6.07 Å². The number of benzene rings is 1. The van der Waals surface area contributed by atoms with Gasteiger partial charge in [-0.15, -0.1) is 0 Å². The van der Waals surface area contributed by atoms with Crippen LogP contribution >= 0.6 is 11.8 Å². The summed E-state index contributed by atoms with van der Waals surface area (Å²) < 4.78 is 0. The summed E-state index contributed by atoms with van der Waals surface area (Å²) in [5.41, 5.74) is 7.91. The molecule has 1 atom stereocenters. The van der Waals surface area contributed by atoms with Crippen LogP contribution in [0.25, 0.3) is 0 Å². The first-order valence-corrected chi connectivity index (χ1v) is 6.57. The summed E-state index contributed by atoms with van der Waals surface area (Å²) in [5, 5.41) is 3.48. The van der Waals surface area contributed by atoms with Crippen molar-refractivity contribution in [3.05, 3.63) is 29.3 Å². The second kappa shape index (κ2) is 4.78. The first-order valence-electron chi connectivity index (χ1n) is 5.42. The minimum atomic E-state index is -0.359. The Kier molecular flexibility index (Phi) is 3.39. The van der Waals surface area contributed by atoms with E-state index in [9.17, 15) is 4.79 Å². The maximum Gasteiger partial charge on any atom is 0.249 e. The second-order valence-corrected chi connectivity index (χ2v) is 5.20. The Labute approximate surface area is 99.8 Å². The normalized spacial score (nSPS) is 19.7. The molecule has 16 heavy (non-hydrogen) atoms. The van der Waals surface area contributed by atoms with E-state index in [1.807, 2.05) is 30.8 Å². The van der Waals surface area contributed by atoms with Crippen molar-refractivity contribution in [2.24, 2.45) is 5.73 Å². The molecule has 1 aromatic rings. The lowest BCUT2D eigenvalue weighted by atomic mass is 10.1. The van der Waals surface area contributed by atoms with E-state index in [0.717, 1.165) is 17.0 Å². The molecule has 3 nitrogen and oxygen atoms in total. The van der Waals surface area contributed by atoms with Crippen LogP contribution in [0.4, 0.5) is 5.69 Å². The van der Waals surface area contributed by atoms with Crippen LogP contribution in [0.5, 0.6) is 0 Å². The predicted molar refractivity (Wildman–Crippen MR) is 69.0 cm³/mol. The molecule has 1 saturated heterocycles. The van der Waals surface area contributed by atoms with Gasteiger partial charge < -0.3 is 11.1 Å². The Bertz CT molecular complexity index is 400. The van der Waals surface area contributed by atoms with Gasteiger partial charge >= 0.3 is 0 Å². The fourth-order valence-electron chi connectivity index (χ4n) is 1.93. The van der Waals surface area contributed by atoms with Gasteiger partial charge in [-0.25, -0.2) is 0 Å². The number of anilines is 1. The van der Waals surface area contributed by atoms with Gasteiger partial charge in [0, 0.05) is 23.0 Å². The SMILES string of the molecule is Cc1c(NC2CCSC2)cccc1C(N)=O. The van der Waals surface area contributed by atoms with E-state index in [-0.39, 0.29) is 5.91 Å². The standard InChI is InChI=1S/C12H16N2OS/c1-8-10(12(13)15)3-2-4-11(8)14-9-5-6-16-7-9/h2-4,9,14H,5-7H2,1H3,(H2,13,15). The molecule has 1 fully saturated rings. The predicted octanol–water partition coefficient (Wildman–Crippen LogP) is 2.01. The molecule has 0 aromatic heterocycles. The average molecular weight is 236 g/mol. The van der Waals surface area contributed by atoms with Crippen LogP contribution < -0.4 is 11.1 Å². The number of primary amides is 1. The number of nitrogens with one attached hydrogen (secondary N) is 1. The van der Waals surface area contributed by atoms with E-state index in [0.29, 0.717) is 11.6 Å². The van der Waals surface area contributed by atoms with Crippen LogP contribution in [0.15, 0.2) is 18.2 Å². The highest BCUT2D eigenvalue weighted by molar-refractivity contribution is 7.99. The number of thioether (sulfide) groups is 1. The summed E-state index contributed by atoms with van der Waals surface area (Å²) >= 11 is 1.96. The van der Waals surface area contributed by atoms with Gasteiger partial charge in [-0.2, -0.15) is 11.8 Å². The minimum absolute atomic E-state index is 0.359. The Hall–Kier alpha value is -1.16. The molecule has 86 valence electrons. The number of hydrogen-bond acceptors (Lipinski definition) is 3. The smallest absolute Gasteiger partial charge is 0.249 e. The van der Waals surface area contributed by atoms with Gasteiger partial charge in [0.15, 0.2) is 0 Å². The molecule has 1 heterocycles. The summed E-state index contributed by atoms with van der Waals surface area (Å²) in [6.45, 7) is 1.94. The number of rotatable bonds is 3. The van der Waals surface area contributed by atoms with Crippen molar-refractivity contribution in [1.29, 1.82) is 0 Å². The van der Waals surface area contributed by atoms with Crippen molar-refractivity contribution in [2.75, 3.05) is 16.8 Å². The summed E-state index contributed by atoms with van der Waals surface area (Å²) in [6, 6.07) is 6.17. The monoisotopic (exact) mass is 236 g/mol. The number of carbonyl (C=O) groups is 1. The van der Waals surface area contributed by atoms with Gasteiger partial charge in [-0.1, -0.05) is 6.07 Å². The zero-order valence-electron chi connectivity index (χ0n) is 9.32. The third-order valence-corrected chi connectivity index (χ3v) is 4.05. The molecule has 3 N–H and O–H groups in total. The lowest BCUT2D eigenvalue weighted by Gasteiger charge is -2.16. The molecule has 0 aliphatic carbocycles. The zero-order valence-corrected chi connectivity index (χ0v) is 10.1. The van der Waals surface area contributed by atoms with E-state index in [4.69, 9.17) is 5.73 Å². The van der Waals surface area contributed by atoms with Crippen molar-refractivity contribution >= 4 is 23.4 Å². The van der Waals surface area contributed by atoms with Crippen LogP contribution in [0.3, 0.4) is 0 Å². The Balaban J connectivity index is 2.20. The lowest BCUT2D eigenvalue weighted by molar-refractivity contribution is 0.1000. The van der Waals surface area contributed by atoms with E-state index in [1.165, 1.54) is 12.2 Å². The zero-order chi connectivity index (χ0) is 11.5. The molecule has 0 saturated carbocycles. The van der Waals surface area contributed by atoms with Crippen molar-refractivity contribution in [2.45, 2.75) is 19.4 Å². The van der Waals surface area contributed by atoms with Crippen LogP contribution in [0.2, 0.25) is 0 Å². The number of amides is 1. The lowest BCUT2D eigenvalue weighted by Crippen LogP contribution is -2.20. The molecule has 1 aliphatic heterocycles. The van der Waals surface area contributed by atoms with Crippen molar-refractivity contribution in [3.63, 3.8) is 0 Å².